The summed E-state index contributed by atoms with van der Waals surface area (Å²) < 4.78 is 11.2. The van der Waals surface area contributed by atoms with Crippen LogP contribution in [0.3, 0.4) is 0 Å². The predicted molar refractivity (Wildman–Crippen MR) is 94.6 cm³/mol. The van der Waals surface area contributed by atoms with Gasteiger partial charge in [0.25, 0.3) is 0 Å². The minimum Gasteiger partial charge on any atom is -0.493 e. The van der Waals surface area contributed by atoms with Gasteiger partial charge < -0.3 is 19.9 Å². The fourth-order valence-corrected chi connectivity index (χ4v) is 2.54. The molecule has 2 N–H and O–H groups in total. The molecule has 0 aliphatic heterocycles. The Labute approximate surface area is 147 Å². The molecule has 24 heavy (non-hydrogen) atoms. The molecule has 1 aromatic carbocycles. The normalized spacial score (nSPS) is 12.0. The maximum Gasteiger partial charge on any atom is 0.180 e. The highest BCUT2D eigenvalue weighted by molar-refractivity contribution is 6.32. The number of ether oxygens (including phenoxy) is 2. The van der Waals surface area contributed by atoms with Crippen LogP contribution in [0.1, 0.15) is 24.5 Å². The summed E-state index contributed by atoms with van der Waals surface area (Å²) in [7, 11) is 1.59. The van der Waals surface area contributed by atoms with Crippen molar-refractivity contribution in [2.24, 2.45) is 0 Å². The van der Waals surface area contributed by atoms with Crippen LogP contribution in [0.2, 0.25) is 5.02 Å². The van der Waals surface area contributed by atoms with Gasteiger partial charge in [-0.25, -0.2) is 0 Å². The van der Waals surface area contributed by atoms with Crippen LogP contribution in [0.5, 0.6) is 11.5 Å². The minimum atomic E-state index is 0.0660. The molecule has 1 heterocycles. The second kappa shape index (κ2) is 9.47. The van der Waals surface area contributed by atoms with E-state index in [1.54, 1.807) is 19.5 Å². The fraction of sp³-hybridized carbons (Fsp3) is 0.389. The lowest BCUT2D eigenvalue weighted by Crippen LogP contribution is -2.31. The van der Waals surface area contributed by atoms with Gasteiger partial charge in [0.2, 0.25) is 0 Å². The van der Waals surface area contributed by atoms with E-state index in [-0.39, 0.29) is 12.6 Å². The van der Waals surface area contributed by atoms with E-state index >= 15 is 0 Å². The van der Waals surface area contributed by atoms with Gasteiger partial charge in [-0.2, -0.15) is 0 Å². The van der Waals surface area contributed by atoms with Gasteiger partial charge in [-0.1, -0.05) is 24.6 Å². The van der Waals surface area contributed by atoms with Crippen LogP contribution in [0, 0.1) is 0 Å². The summed E-state index contributed by atoms with van der Waals surface area (Å²) in [4.78, 5) is 4.06. The third-order valence-electron chi connectivity index (χ3n) is 3.70. The van der Waals surface area contributed by atoms with Crippen molar-refractivity contribution in [1.82, 2.24) is 10.3 Å². The second-order valence-electron chi connectivity index (χ2n) is 5.43. The lowest BCUT2D eigenvalue weighted by molar-refractivity contribution is 0.238. The molecule has 0 spiro atoms. The molecule has 0 saturated carbocycles. The zero-order valence-electron chi connectivity index (χ0n) is 14.0. The van der Waals surface area contributed by atoms with Crippen LogP contribution in [0.25, 0.3) is 0 Å². The summed E-state index contributed by atoms with van der Waals surface area (Å²) in [6, 6.07) is 7.60. The van der Waals surface area contributed by atoms with E-state index in [1.807, 2.05) is 31.2 Å². The molecule has 0 bridgehead atoms. The van der Waals surface area contributed by atoms with Crippen molar-refractivity contribution in [3.63, 3.8) is 0 Å². The molecule has 1 aromatic heterocycles. The highest BCUT2D eigenvalue weighted by Crippen LogP contribution is 2.37. The number of benzene rings is 1. The van der Waals surface area contributed by atoms with Gasteiger partial charge in [0, 0.05) is 30.5 Å². The van der Waals surface area contributed by atoms with Crippen LogP contribution < -0.4 is 14.8 Å². The number of hydrogen-bond acceptors (Lipinski definition) is 5. The number of nitrogens with one attached hydrogen (secondary N) is 1. The van der Waals surface area contributed by atoms with Crippen molar-refractivity contribution >= 4 is 11.6 Å². The molecular weight excluding hydrogens is 328 g/mol. The Kier molecular flexibility index (Phi) is 7.31. The average Bonchev–Trinajstić information content (AvgIpc) is 2.62. The van der Waals surface area contributed by atoms with Crippen LogP contribution in [0.4, 0.5) is 0 Å². The Bertz CT molecular complexity index is 634. The molecule has 0 radical (unpaired) electrons. The molecule has 2 rings (SSSR count). The number of pyridine rings is 1. The smallest absolute Gasteiger partial charge is 0.180 e. The van der Waals surface area contributed by atoms with Crippen LogP contribution in [-0.2, 0) is 13.2 Å². The lowest BCUT2D eigenvalue weighted by atomic mass is 10.1. The van der Waals surface area contributed by atoms with Gasteiger partial charge in [-0.3, -0.25) is 4.98 Å². The van der Waals surface area contributed by atoms with Crippen molar-refractivity contribution in [3.05, 3.63) is 52.8 Å². The Morgan fingerprint density at radius 2 is 2.17 bits per heavy atom. The number of nitrogens with zero attached hydrogens (tertiary/aromatic N) is 1. The Morgan fingerprint density at radius 1 is 1.33 bits per heavy atom. The first-order valence-corrected chi connectivity index (χ1v) is 8.28. The molecule has 5 nitrogen and oxygen atoms in total. The monoisotopic (exact) mass is 350 g/mol. The molecule has 0 amide bonds. The molecular formula is C18H23ClN2O3. The largest absolute Gasteiger partial charge is 0.493 e. The number of hydrogen-bond donors (Lipinski definition) is 2. The molecule has 1 atom stereocenters. The third kappa shape index (κ3) is 5.09. The first-order valence-electron chi connectivity index (χ1n) is 7.90. The zero-order valence-corrected chi connectivity index (χ0v) is 14.7. The van der Waals surface area contributed by atoms with Crippen molar-refractivity contribution in [3.8, 4) is 11.5 Å². The Morgan fingerprint density at radius 3 is 2.79 bits per heavy atom. The number of methoxy groups -OCH3 is 1. The SMILES string of the molecule is CC[C@H](CO)NCc1cc(Cl)c(OCc2cccnc2)c(OC)c1. The van der Waals surface area contributed by atoms with Crippen molar-refractivity contribution in [1.29, 1.82) is 0 Å². The van der Waals surface area contributed by atoms with E-state index in [1.165, 1.54) is 0 Å². The van der Waals surface area contributed by atoms with Gasteiger partial charge >= 0.3 is 0 Å². The fourth-order valence-electron chi connectivity index (χ4n) is 2.25. The van der Waals surface area contributed by atoms with Gasteiger partial charge in [0.05, 0.1) is 18.7 Å². The molecule has 0 aliphatic rings. The summed E-state index contributed by atoms with van der Waals surface area (Å²) in [6.45, 7) is 3.09. The summed E-state index contributed by atoms with van der Waals surface area (Å²) in [5.41, 5.74) is 1.92. The van der Waals surface area contributed by atoms with Gasteiger partial charge in [-0.05, 0) is 30.2 Å². The number of aliphatic hydroxyl groups is 1. The van der Waals surface area contributed by atoms with Gasteiger partial charge in [-0.15, -0.1) is 0 Å². The molecule has 0 saturated heterocycles. The third-order valence-corrected chi connectivity index (χ3v) is 3.98. The van der Waals surface area contributed by atoms with Crippen LogP contribution in [-0.4, -0.2) is 29.8 Å². The van der Waals surface area contributed by atoms with Gasteiger partial charge in [0.15, 0.2) is 11.5 Å². The van der Waals surface area contributed by atoms with Crippen LogP contribution in [0.15, 0.2) is 36.7 Å². The standard InChI is InChI=1S/C18H23ClN2O3/c1-3-15(11-22)21-10-14-7-16(19)18(17(8-14)23-2)24-12-13-5-4-6-20-9-13/h4-9,15,21-22H,3,10-12H2,1-2H3/t15-/m1/s1. The molecule has 0 fully saturated rings. The molecule has 6 heteroatoms. The molecule has 130 valence electrons. The van der Waals surface area contributed by atoms with Crippen molar-refractivity contribution in [2.75, 3.05) is 13.7 Å². The summed E-state index contributed by atoms with van der Waals surface area (Å²) in [6.07, 6.45) is 4.32. The van der Waals surface area contributed by atoms with E-state index in [9.17, 15) is 5.11 Å². The topological polar surface area (TPSA) is 63.6 Å². The van der Waals surface area contributed by atoms with Crippen molar-refractivity contribution in [2.45, 2.75) is 32.5 Å². The van der Waals surface area contributed by atoms with Crippen molar-refractivity contribution < 1.29 is 14.6 Å². The highest BCUT2D eigenvalue weighted by Gasteiger charge is 2.13. The summed E-state index contributed by atoms with van der Waals surface area (Å²) in [5.74, 6) is 1.10. The number of halogens is 1. The zero-order chi connectivity index (χ0) is 17.4. The highest BCUT2D eigenvalue weighted by atomic mass is 35.5. The lowest BCUT2D eigenvalue weighted by Gasteiger charge is -2.17. The summed E-state index contributed by atoms with van der Waals surface area (Å²) in [5, 5.41) is 13.0. The first kappa shape index (κ1) is 18.5. The van der Waals surface area contributed by atoms with E-state index in [4.69, 9.17) is 21.1 Å². The van der Waals surface area contributed by atoms with E-state index in [0.717, 1.165) is 17.5 Å². The van der Waals surface area contributed by atoms with E-state index in [0.29, 0.717) is 29.7 Å². The Hall–Kier alpha value is -1.82. The maximum absolute atomic E-state index is 9.24. The molecule has 0 aliphatic carbocycles. The second-order valence-corrected chi connectivity index (χ2v) is 5.83. The summed E-state index contributed by atoms with van der Waals surface area (Å²) >= 11 is 6.36. The molecule has 2 aromatic rings. The first-order chi connectivity index (χ1) is 11.7. The average molecular weight is 351 g/mol. The van der Waals surface area contributed by atoms with E-state index < -0.39 is 0 Å². The number of aliphatic hydroxyl groups excluding tert-OH is 1. The van der Waals surface area contributed by atoms with E-state index in [2.05, 4.69) is 10.3 Å². The van der Waals surface area contributed by atoms with Gasteiger partial charge in [0.1, 0.15) is 6.61 Å². The number of rotatable bonds is 9. The number of aromatic nitrogens is 1. The Balaban J connectivity index is 2.09. The predicted octanol–water partition coefficient (Wildman–Crippen LogP) is 3.18. The molecule has 0 unspecified atom stereocenters. The quantitative estimate of drug-likeness (QED) is 0.727. The maximum atomic E-state index is 9.24. The minimum absolute atomic E-state index is 0.0660. The van der Waals surface area contributed by atoms with Crippen LogP contribution >= 0.6 is 11.6 Å².